The quantitative estimate of drug-likeness (QED) is 0.624. The van der Waals surface area contributed by atoms with Crippen LogP contribution in [0.5, 0.6) is 5.75 Å². The summed E-state index contributed by atoms with van der Waals surface area (Å²) in [6.07, 6.45) is 0.546. The SMILES string of the molecule is CCOc1ccc(-c2ccc(C(=O)OC)c(C=O)n2)cc1. The van der Waals surface area contributed by atoms with Gasteiger partial charge in [-0.15, -0.1) is 0 Å². The molecule has 0 radical (unpaired) electrons. The predicted molar refractivity (Wildman–Crippen MR) is 77.6 cm³/mol. The van der Waals surface area contributed by atoms with E-state index >= 15 is 0 Å². The van der Waals surface area contributed by atoms with E-state index in [0.717, 1.165) is 11.3 Å². The van der Waals surface area contributed by atoms with Crippen LogP contribution in [0.15, 0.2) is 36.4 Å². The van der Waals surface area contributed by atoms with E-state index in [9.17, 15) is 9.59 Å². The Hall–Kier alpha value is -2.69. The van der Waals surface area contributed by atoms with Crippen LogP contribution in [0.1, 0.15) is 27.8 Å². The summed E-state index contributed by atoms with van der Waals surface area (Å²) in [5, 5.41) is 0. The average molecular weight is 285 g/mol. The zero-order valence-electron chi connectivity index (χ0n) is 11.8. The summed E-state index contributed by atoms with van der Waals surface area (Å²) in [5.74, 6) is 0.186. The third-order valence-electron chi connectivity index (χ3n) is 2.90. The summed E-state index contributed by atoms with van der Waals surface area (Å²) in [6, 6.07) is 10.6. The van der Waals surface area contributed by atoms with E-state index in [4.69, 9.17) is 4.74 Å². The van der Waals surface area contributed by atoms with Gasteiger partial charge >= 0.3 is 5.97 Å². The van der Waals surface area contributed by atoms with E-state index in [1.54, 1.807) is 6.07 Å². The highest BCUT2D eigenvalue weighted by Gasteiger charge is 2.14. The third kappa shape index (κ3) is 3.25. The lowest BCUT2D eigenvalue weighted by atomic mass is 10.1. The maximum atomic E-state index is 11.5. The Bertz CT molecular complexity index is 650. The predicted octanol–water partition coefficient (Wildman–Crippen LogP) is 2.75. The molecule has 0 spiro atoms. The first kappa shape index (κ1) is 14.7. The monoisotopic (exact) mass is 285 g/mol. The van der Waals surface area contributed by atoms with Crippen molar-refractivity contribution in [2.75, 3.05) is 13.7 Å². The van der Waals surface area contributed by atoms with Crippen molar-refractivity contribution in [3.8, 4) is 17.0 Å². The number of methoxy groups -OCH3 is 1. The molecule has 0 aliphatic rings. The second-order valence-electron chi connectivity index (χ2n) is 4.20. The van der Waals surface area contributed by atoms with Crippen molar-refractivity contribution in [2.45, 2.75) is 6.92 Å². The molecule has 2 rings (SSSR count). The second-order valence-corrected chi connectivity index (χ2v) is 4.20. The van der Waals surface area contributed by atoms with Crippen molar-refractivity contribution in [1.29, 1.82) is 0 Å². The Kier molecular flexibility index (Phi) is 4.66. The molecule has 0 bridgehead atoms. The smallest absolute Gasteiger partial charge is 0.340 e. The molecule has 0 atom stereocenters. The highest BCUT2D eigenvalue weighted by atomic mass is 16.5. The van der Waals surface area contributed by atoms with Gasteiger partial charge in [-0.1, -0.05) is 0 Å². The van der Waals surface area contributed by atoms with Gasteiger partial charge in [0.25, 0.3) is 0 Å². The fourth-order valence-corrected chi connectivity index (χ4v) is 1.90. The number of hydrogen-bond donors (Lipinski definition) is 0. The number of aldehydes is 1. The lowest BCUT2D eigenvalue weighted by Crippen LogP contribution is -2.07. The van der Waals surface area contributed by atoms with E-state index < -0.39 is 5.97 Å². The average Bonchev–Trinajstić information content (AvgIpc) is 2.54. The van der Waals surface area contributed by atoms with Crippen LogP contribution in [0.4, 0.5) is 0 Å². The Morgan fingerprint density at radius 1 is 1.19 bits per heavy atom. The standard InChI is InChI=1S/C16H15NO4/c1-3-21-12-6-4-11(5-7-12)14-9-8-13(16(19)20-2)15(10-18)17-14/h4-10H,3H2,1-2H3. The lowest BCUT2D eigenvalue weighted by Gasteiger charge is -2.07. The first-order chi connectivity index (χ1) is 10.2. The Morgan fingerprint density at radius 3 is 2.48 bits per heavy atom. The van der Waals surface area contributed by atoms with E-state index in [1.807, 2.05) is 31.2 Å². The summed E-state index contributed by atoms with van der Waals surface area (Å²) in [5.41, 5.74) is 1.65. The van der Waals surface area contributed by atoms with Crippen molar-refractivity contribution in [3.63, 3.8) is 0 Å². The van der Waals surface area contributed by atoms with Crippen molar-refractivity contribution < 1.29 is 19.1 Å². The first-order valence-corrected chi connectivity index (χ1v) is 6.47. The van der Waals surface area contributed by atoms with Crippen LogP contribution >= 0.6 is 0 Å². The molecule has 5 heteroatoms. The minimum absolute atomic E-state index is 0.0632. The fraction of sp³-hybridized carbons (Fsp3) is 0.188. The number of pyridine rings is 1. The van der Waals surface area contributed by atoms with Gasteiger partial charge in [0.15, 0.2) is 6.29 Å². The lowest BCUT2D eigenvalue weighted by molar-refractivity contribution is 0.0597. The summed E-state index contributed by atoms with van der Waals surface area (Å²) >= 11 is 0. The van der Waals surface area contributed by atoms with Crippen LogP contribution in [0.3, 0.4) is 0 Å². The van der Waals surface area contributed by atoms with Crippen LogP contribution in [0.25, 0.3) is 11.3 Å². The van der Waals surface area contributed by atoms with Gasteiger partial charge in [0.2, 0.25) is 0 Å². The Labute approximate surface area is 122 Å². The van der Waals surface area contributed by atoms with E-state index in [-0.39, 0.29) is 11.3 Å². The number of carbonyl (C=O) groups excluding carboxylic acids is 2. The number of aromatic nitrogens is 1. The largest absolute Gasteiger partial charge is 0.494 e. The number of benzene rings is 1. The van der Waals surface area contributed by atoms with E-state index in [0.29, 0.717) is 18.6 Å². The zero-order chi connectivity index (χ0) is 15.2. The molecular formula is C16H15NO4. The molecule has 5 nitrogen and oxygen atoms in total. The molecule has 2 aromatic rings. The highest BCUT2D eigenvalue weighted by molar-refractivity contribution is 5.97. The molecular weight excluding hydrogens is 270 g/mol. The van der Waals surface area contributed by atoms with Crippen LogP contribution in [0, 0.1) is 0 Å². The molecule has 0 aliphatic heterocycles. The second kappa shape index (κ2) is 6.65. The number of esters is 1. The molecule has 0 aliphatic carbocycles. The number of nitrogens with zero attached hydrogens (tertiary/aromatic N) is 1. The van der Waals surface area contributed by atoms with E-state index in [1.165, 1.54) is 13.2 Å². The fourth-order valence-electron chi connectivity index (χ4n) is 1.90. The molecule has 1 aromatic heterocycles. The molecule has 0 amide bonds. The Morgan fingerprint density at radius 2 is 1.90 bits per heavy atom. The molecule has 1 heterocycles. The normalized spacial score (nSPS) is 10.0. The summed E-state index contributed by atoms with van der Waals surface area (Å²) in [4.78, 5) is 26.8. The van der Waals surface area contributed by atoms with Gasteiger partial charge in [-0.05, 0) is 43.3 Å². The maximum absolute atomic E-state index is 11.5. The molecule has 0 saturated heterocycles. The third-order valence-corrected chi connectivity index (χ3v) is 2.90. The minimum atomic E-state index is -0.581. The van der Waals surface area contributed by atoms with Crippen molar-refractivity contribution in [2.24, 2.45) is 0 Å². The molecule has 0 unspecified atom stereocenters. The van der Waals surface area contributed by atoms with Crippen LogP contribution in [0.2, 0.25) is 0 Å². The minimum Gasteiger partial charge on any atom is -0.494 e. The summed E-state index contributed by atoms with van der Waals surface area (Å²) in [6.45, 7) is 2.51. The zero-order valence-corrected chi connectivity index (χ0v) is 11.8. The van der Waals surface area contributed by atoms with Crippen molar-refractivity contribution in [3.05, 3.63) is 47.7 Å². The summed E-state index contributed by atoms with van der Waals surface area (Å²) < 4.78 is 9.98. The van der Waals surface area contributed by atoms with Crippen LogP contribution in [-0.2, 0) is 4.74 Å². The van der Waals surface area contributed by atoms with Gasteiger partial charge in [0.1, 0.15) is 11.4 Å². The van der Waals surface area contributed by atoms with Gasteiger partial charge in [-0.3, -0.25) is 4.79 Å². The number of hydrogen-bond acceptors (Lipinski definition) is 5. The molecule has 108 valence electrons. The van der Waals surface area contributed by atoms with Crippen molar-refractivity contribution in [1.82, 2.24) is 4.98 Å². The topological polar surface area (TPSA) is 65.5 Å². The molecule has 0 saturated carbocycles. The molecule has 0 fully saturated rings. The Balaban J connectivity index is 2.36. The van der Waals surface area contributed by atoms with Gasteiger partial charge < -0.3 is 9.47 Å². The first-order valence-electron chi connectivity index (χ1n) is 6.47. The highest BCUT2D eigenvalue weighted by Crippen LogP contribution is 2.22. The number of ether oxygens (including phenoxy) is 2. The van der Waals surface area contributed by atoms with Gasteiger partial charge in [-0.2, -0.15) is 0 Å². The van der Waals surface area contributed by atoms with Crippen LogP contribution in [-0.4, -0.2) is 31.0 Å². The van der Waals surface area contributed by atoms with Gasteiger partial charge in [0, 0.05) is 5.56 Å². The van der Waals surface area contributed by atoms with Crippen LogP contribution < -0.4 is 4.74 Å². The molecule has 1 aromatic carbocycles. The summed E-state index contributed by atoms with van der Waals surface area (Å²) in [7, 11) is 1.26. The molecule has 21 heavy (non-hydrogen) atoms. The molecule has 0 N–H and O–H groups in total. The number of carbonyl (C=O) groups is 2. The number of rotatable bonds is 5. The van der Waals surface area contributed by atoms with Gasteiger partial charge in [0.05, 0.1) is 25.0 Å². The van der Waals surface area contributed by atoms with Crippen molar-refractivity contribution >= 4 is 12.3 Å². The maximum Gasteiger partial charge on any atom is 0.340 e. The van der Waals surface area contributed by atoms with Gasteiger partial charge in [-0.25, -0.2) is 9.78 Å². The van der Waals surface area contributed by atoms with E-state index in [2.05, 4.69) is 9.72 Å².